The Kier molecular flexibility index (Phi) is 3.65. The van der Waals surface area contributed by atoms with Crippen molar-refractivity contribution in [3.05, 3.63) is 35.8 Å². The number of hydrogen-bond donors (Lipinski definition) is 2. The molecule has 0 aliphatic carbocycles. The van der Waals surface area contributed by atoms with E-state index in [1.807, 2.05) is 0 Å². The molecule has 0 saturated carbocycles. The average molecular weight is 275 g/mol. The Hall–Kier alpha value is -2.90. The lowest BCUT2D eigenvalue weighted by atomic mass is 10.2. The number of amides is 1. The molecule has 2 aromatic rings. The molecule has 0 saturated heterocycles. The molecule has 4 N–H and O–H groups in total. The van der Waals surface area contributed by atoms with E-state index < -0.39 is 11.9 Å². The lowest BCUT2D eigenvalue weighted by Gasteiger charge is -2.06. The molecule has 1 amide bonds. The van der Waals surface area contributed by atoms with Crippen LogP contribution in [0.1, 0.15) is 27.6 Å². The van der Waals surface area contributed by atoms with Crippen LogP contribution in [0, 0.1) is 0 Å². The van der Waals surface area contributed by atoms with Gasteiger partial charge in [-0.25, -0.2) is 14.5 Å². The van der Waals surface area contributed by atoms with E-state index in [1.54, 1.807) is 6.92 Å². The highest BCUT2D eigenvalue weighted by Crippen LogP contribution is 2.15. The zero-order chi connectivity index (χ0) is 14.7. The van der Waals surface area contributed by atoms with Gasteiger partial charge in [-0.15, -0.1) is 0 Å². The van der Waals surface area contributed by atoms with Crippen LogP contribution in [0.4, 0.5) is 5.69 Å². The molecule has 0 fully saturated rings. The van der Waals surface area contributed by atoms with E-state index in [0.717, 1.165) is 0 Å². The molecule has 0 radical (unpaired) electrons. The second-order valence-electron chi connectivity index (χ2n) is 3.90. The summed E-state index contributed by atoms with van der Waals surface area (Å²) < 4.78 is 6.12. The van der Waals surface area contributed by atoms with Crippen molar-refractivity contribution in [3.63, 3.8) is 0 Å². The van der Waals surface area contributed by atoms with Crippen LogP contribution in [0.2, 0.25) is 0 Å². The molecule has 2 rings (SSSR count). The minimum absolute atomic E-state index is 0.114. The van der Waals surface area contributed by atoms with Gasteiger partial charge in [-0.2, -0.15) is 5.10 Å². The number of ether oxygens (including phenoxy) is 1. The highest BCUT2D eigenvalue weighted by Gasteiger charge is 2.15. The minimum Gasteiger partial charge on any atom is -0.462 e. The fraction of sp³-hybridized carbons (Fsp3) is 0.167. The first-order valence-electron chi connectivity index (χ1n) is 5.80. The molecule has 0 unspecified atom stereocenters. The number of esters is 1. The third kappa shape index (κ3) is 2.58. The van der Waals surface area contributed by atoms with Crippen molar-refractivity contribution in [3.8, 4) is 5.82 Å². The Balaban J connectivity index is 2.42. The van der Waals surface area contributed by atoms with Gasteiger partial charge < -0.3 is 16.2 Å². The lowest BCUT2D eigenvalue weighted by molar-refractivity contribution is 0.0526. The molecule has 0 aromatic carbocycles. The summed E-state index contributed by atoms with van der Waals surface area (Å²) in [4.78, 5) is 26.9. The molecule has 0 aliphatic heterocycles. The standard InChI is InChI=1S/C12H13N5O3/c1-2-20-12(19)7-4-16-17(6-7)11-9(10(14)18)3-8(13)5-15-11/h3-6H,2,13H2,1H3,(H2,14,18). The van der Waals surface area contributed by atoms with E-state index in [0.29, 0.717) is 5.69 Å². The summed E-state index contributed by atoms with van der Waals surface area (Å²) >= 11 is 0. The molecular weight excluding hydrogens is 262 g/mol. The zero-order valence-corrected chi connectivity index (χ0v) is 10.7. The number of hydrogen-bond acceptors (Lipinski definition) is 6. The average Bonchev–Trinajstić information content (AvgIpc) is 2.88. The first kappa shape index (κ1) is 13.5. The summed E-state index contributed by atoms with van der Waals surface area (Å²) in [6.45, 7) is 1.96. The SMILES string of the molecule is CCOC(=O)c1cnn(-c2ncc(N)cc2C(N)=O)c1. The third-order valence-corrected chi connectivity index (χ3v) is 2.46. The topological polar surface area (TPSA) is 126 Å². The summed E-state index contributed by atoms with van der Waals surface area (Å²) in [6.07, 6.45) is 4.09. The molecule has 0 spiro atoms. The van der Waals surface area contributed by atoms with Gasteiger partial charge in [-0.1, -0.05) is 0 Å². The second kappa shape index (κ2) is 5.39. The van der Waals surface area contributed by atoms with Gasteiger partial charge in [0.1, 0.15) is 0 Å². The highest BCUT2D eigenvalue weighted by atomic mass is 16.5. The smallest absolute Gasteiger partial charge is 0.341 e. The van der Waals surface area contributed by atoms with E-state index >= 15 is 0 Å². The number of carbonyl (C=O) groups excluding carboxylic acids is 2. The fourth-order valence-corrected chi connectivity index (χ4v) is 1.60. The molecular formula is C12H13N5O3. The molecule has 8 nitrogen and oxygen atoms in total. The number of anilines is 1. The molecule has 0 bridgehead atoms. The van der Waals surface area contributed by atoms with Crippen molar-refractivity contribution >= 4 is 17.6 Å². The molecule has 20 heavy (non-hydrogen) atoms. The van der Waals surface area contributed by atoms with Gasteiger partial charge in [0.05, 0.1) is 35.8 Å². The monoisotopic (exact) mass is 275 g/mol. The maximum atomic E-state index is 11.6. The Morgan fingerprint density at radius 3 is 2.80 bits per heavy atom. The number of nitrogens with zero attached hydrogens (tertiary/aromatic N) is 3. The number of nitrogen functional groups attached to an aromatic ring is 1. The van der Waals surface area contributed by atoms with E-state index in [9.17, 15) is 9.59 Å². The Morgan fingerprint density at radius 2 is 2.15 bits per heavy atom. The highest BCUT2D eigenvalue weighted by molar-refractivity contribution is 5.96. The van der Waals surface area contributed by atoms with Crippen molar-refractivity contribution in [1.29, 1.82) is 0 Å². The number of rotatable bonds is 4. The summed E-state index contributed by atoms with van der Waals surface area (Å²) in [5.41, 5.74) is 11.5. The minimum atomic E-state index is -0.687. The Bertz CT molecular complexity index is 665. The molecule has 104 valence electrons. The summed E-state index contributed by atoms with van der Waals surface area (Å²) in [7, 11) is 0. The van der Waals surface area contributed by atoms with Crippen molar-refractivity contribution < 1.29 is 14.3 Å². The van der Waals surface area contributed by atoms with Crippen LogP contribution in [0.3, 0.4) is 0 Å². The van der Waals surface area contributed by atoms with Crippen molar-refractivity contribution in [1.82, 2.24) is 14.8 Å². The van der Waals surface area contributed by atoms with Gasteiger partial charge in [-0.3, -0.25) is 4.79 Å². The van der Waals surface area contributed by atoms with Gasteiger partial charge in [0.25, 0.3) is 5.91 Å². The number of nitrogens with two attached hydrogens (primary N) is 2. The molecule has 0 atom stereocenters. The molecule has 2 heterocycles. The first-order chi connectivity index (χ1) is 9.52. The quantitative estimate of drug-likeness (QED) is 0.763. The van der Waals surface area contributed by atoms with Crippen LogP contribution >= 0.6 is 0 Å². The number of pyridine rings is 1. The molecule has 2 aromatic heterocycles. The Morgan fingerprint density at radius 1 is 1.40 bits per heavy atom. The van der Waals surface area contributed by atoms with Crippen LogP contribution in [0.15, 0.2) is 24.7 Å². The van der Waals surface area contributed by atoms with Crippen LogP contribution in [-0.2, 0) is 4.74 Å². The van der Waals surface area contributed by atoms with Crippen LogP contribution < -0.4 is 11.5 Å². The summed E-state index contributed by atoms with van der Waals surface area (Å²) in [5, 5.41) is 3.97. The van der Waals surface area contributed by atoms with Gasteiger partial charge in [0, 0.05) is 6.20 Å². The predicted octanol–water partition coefficient (Wildman–Crippen LogP) is 0.125. The molecule has 8 heteroatoms. The van der Waals surface area contributed by atoms with E-state index in [2.05, 4.69) is 10.1 Å². The van der Waals surface area contributed by atoms with Crippen LogP contribution in [0.25, 0.3) is 5.82 Å². The van der Waals surface area contributed by atoms with Gasteiger partial charge in [0.2, 0.25) is 0 Å². The fourth-order valence-electron chi connectivity index (χ4n) is 1.60. The van der Waals surface area contributed by atoms with E-state index in [-0.39, 0.29) is 23.6 Å². The maximum Gasteiger partial charge on any atom is 0.341 e. The Labute approximate surface area is 114 Å². The normalized spacial score (nSPS) is 10.2. The third-order valence-electron chi connectivity index (χ3n) is 2.46. The number of aromatic nitrogens is 3. The van der Waals surface area contributed by atoms with E-state index in [1.165, 1.54) is 29.3 Å². The van der Waals surface area contributed by atoms with E-state index in [4.69, 9.17) is 16.2 Å². The van der Waals surface area contributed by atoms with Crippen molar-refractivity contribution in [2.24, 2.45) is 5.73 Å². The first-order valence-corrected chi connectivity index (χ1v) is 5.80. The van der Waals surface area contributed by atoms with Crippen LogP contribution in [-0.4, -0.2) is 33.2 Å². The number of carbonyl (C=O) groups is 2. The van der Waals surface area contributed by atoms with Gasteiger partial charge >= 0.3 is 5.97 Å². The summed E-state index contributed by atoms with van der Waals surface area (Å²) in [5.74, 6) is -0.995. The summed E-state index contributed by atoms with van der Waals surface area (Å²) in [6, 6.07) is 1.40. The van der Waals surface area contributed by atoms with Crippen molar-refractivity contribution in [2.75, 3.05) is 12.3 Å². The second-order valence-corrected chi connectivity index (χ2v) is 3.90. The van der Waals surface area contributed by atoms with Crippen molar-refractivity contribution in [2.45, 2.75) is 6.92 Å². The van der Waals surface area contributed by atoms with Gasteiger partial charge in [-0.05, 0) is 13.0 Å². The molecule has 0 aliphatic rings. The van der Waals surface area contributed by atoms with Gasteiger partial charge in [0.15, 0.2) is 5.82 Å². The maximum absolute atomic E-state index is 11.6. The number of primary amides is 1. The largest absolute Gasteiger partial charge is 0.462 e. The van der Waals surface area contributed by atoms with Crippen LogP contribution in [0.5, 0.6) is 0 Å². The lowest BCUT2D eigenvalue weighted by Crippen LogP contribution is -2.16. The predicted molar refractivity (Wildman–Crippen MR) is 70.2 cm³/mol. The zero-order valence-electron chi connectivity index (χ0n) is 10.7.